The molecule has 4 aliphatic rings. The van der Waals surface area contributed by atoms with Crippen LogP contribution in [0.2, 0.25) is 0 Å². The van der Waals surface area contributed by atoms with Gasteiger partial charge in [0.25, 0.3) is 5.91 Å². The Bertz CT molecular complexity index is 1810. The molecular formula is C36H47N5O9S. The zero-order valence-corrected chi connectivity index (χ0v) is 30.0. The molecule has 2 aliphatic carbocycles. The van der Waals surface area contributed by atoms with Gasteiger partial charge in [-0.1, -0.05) is 50.6 Å². The number of amides is 4. The van der Waals surface area contributed by atoms with Crippen molar-refractivity contribution in [3.05, 3.63) is 42.6 Å². The third-order valence-electron chi connectivity index (χ3n) is 10.6. The fourth-order valence-electron chi connectivity index (χ4n) is 7.51. The fraction of sp³-hybridized carbons (Fsp3) is 0.583. The van der Waals surface area contributed by atoms with Crippen LogP contribution in [0.15, 0.2) is 42.6 Å². The van der Waals surface area contributed by atoms with Gasteiger partial charge in [0.15, 0.2) is 0 Å². The first kappa shape index (κ1) is 36.4. The number of nitrogens with one attached hydrogen (secondary N) is 3. The molecule has 51 heavy (non-hydrogen) atoms. The topological polar surface area (TPSA) is 193 Å². The van der Waals surface area contributed by atoms with E-state index in [1.807, 2.05) is 50.3 Å². The first-order valence-electron chi connectivity index (χ1n) is 17.9. The Morgan fingerprint density at radius 1 is 1.12 bits per heavy atom. The number of carboxylic acid groups (broad SMARTS) is 1. The van der Waals surface area contributed by atoms with Crippen LogP contribution in [0.4, 0.5) is 4.79 Å². The quantitative estimate of drug-likeness (QED) is 0.278. The minimum absolute atomic E-state index is 0.0202. The maximum atomic E-state index is 14.5. The number of nitrogens with zero attached hydrogens (tertiary/aromatic N) is 2. The van der Waals surface area contributed by atoms with Crippen LogP contribution in [0.3, 0.4) is 0 Å². The summed E-state index contributed by atoms with van der Waals surface area (Å²) in [6.07, 6.45) is 6.92. The van der Waals surface area contributed by atoms with E-state index in [1.54, 1.807) is 6.20 Å². The van der Waals surface area contributed by atoms with Crippen LogP contribution in [-0.2, 0) is 24.4 Å². The summed E-state index contributed by atoms with van der Waals surface area (Å²) < 4.78 is 40.0. The maximum absolute atomic E-state index is 14.5. The van der Waals surface area contributed by atoms with Gasteiger partial charge in [-0.25, -0.2) is 18.2 Å². The van der Waals surface area contributed by atoms with Gasteiger partial charge in [-0.2, -0.15) is 0 Å². The van der Waals surface area contributed by atoms with E-state index in [2.05, 4.69) is 27.3 Å². The van der Waals surface area contributed by atoms with Gasteiger partial charge in [-0.05, 0) is 63.4 Å². The Morgan fingerprint density at radius 2 is 1.86 bits per heavy atom. The Hall–Kier alpha value is -4.40. The summed E-state index contributed by atoms with van der Waals surface area (Å²) in [6.45, 7) is 6.22. The number of hydrogen-bond acceptors (Lipinski definition) is 9. The van der Waals surface area contributed by atoms with Gasteiger partial charge in [-0.15, -0.1) is 0 Å². The number of ether oxygens (including phenoxy) is 2. The fourth-order valence-corrected chi connectivity index (χ4v) is 8.88. The number of aromatic nitrogens is 1. The van der Waals surface area contributed by atoms with Crippen molar-refractivity contribution < 1.29 is 42.2 Å². The second-order valence-electron chi connectivity index (χ2n) is 14.3. The summed E-state index contributed by atoms with van der Waals surface area (Å²) in [4.78, 5) is 60.4. The number of sulfonamides is 1. The molecule has 6 rings (SSSR count). The van der Waals surface area contributed by atoms with Crippen LogP contribution >= 0.6 is 0 Å². The minimum atomic E-state index is -3.90. The van der Waals surface area contributed by atoms with Gasteiger partial charge in [0.1, 0.15) is 29.5 Å². The number of benzene rings is 1. The number of fused-ring (bicyclic) bond motifs is 3. The molecular weight excluding hydrogens is 678 g/mol. The van der Waals surface area contributed by atoms with E-state index in [1.165, 1.54) is 4.90 Å². The van der Waals surface area contributed by atoms with E-state index in [0.29, 0.717) is 49.8 Å². The van der Waals surface area contributed by atoms with Crippen LogP contribution in [0.25, 0.3) is 10.8 Å². The predicted octanol–water partition coefficient (Wildman–Crippen LogP) is 3.50. The molecule has 4 amide bonds. The zero-order valence-electron chi connectivity index (χ0n) is 29.2. The molecule has 2 saturated carbocycles. The van der Waals surface area contributed by atoms with Gasteiger partial charge >= 0.3 is 6.09 Å². The number of rotatable bonds is 9. The van der Waals surface area contributed by atoms with E-state index in [-0.39, 0.29) is 37.1 Å². The van der Waals surface area contributed by atoms with E-state index in [4.69, 9.17) is 9.47 Å². The summed E-state index contributed by atoms with van der Waals surface area (Å²) >= 11 is 0. The largest absolute Gasteiger partial charge is 0.492 e. The SMILES string of the molecule is CCOc1cnc(O[C@@H]2C[C@H]3C(=O)N[C@]4(C(=O)NS(=O)(=O)C5CC5)C[C@H]4C=CCC[C@H](C)C[C@@H](CC)[C@H](NC(=O)O)C(=O)N3C2)c2ccccc12. The van der Waals surface area contributed by atoms with Gasteiger partial charge in [0.05, 0.1) is 24.6 Å². The molecule has 15 heteroatoms. The normalized spacial score (nSPS) is 29.9. The van der Waals surface area contributed by atoms with E-state index < -0.39 is 68.7 Å². The molecule has 276 valence electrons. The summed E-state index contributed by atoms with van der Waals surface area (Å²) in [7, 11) is -3.90. The average Bonchev–Trinajstić information content (AvgIpc) is 4.02. The molecule has 2 aliphatic heterocycles. The zero-order chi connectivity index (χ0) is 36.5. The van der Waals surface area contributed by atoms with Crippen LogP contribution < -0.4 is 24.8 Å². The number of allylic oxidation sites excluding steroid dienone is 1. The minimum Gasteiger partial charge on any atom is -0.492 e. The summed E-state index contributed by atoms with van der Waals surface area (Å²) in [5, 5.41) is 15.9. The van der Waals surface area contributed by atoms with Gasteiger partial charge in [0, 0.05) is 23.1 Å². The van der Waals surface area contributed by atoms with Crippen molar-refractivity contribution in [1.29, 1.82) is 0 Å². The first-order valence-corrected chi connectivity index (χ1v) is 19.4. The molecule has 0 bridgehead atoms. The van der Waals surface area contributed by atoms with Crippen molar-refractivity contribution in [2.75, 3.05) is 13.2 Å². The van der Waals surface area contributed by atoms with E-state index >= 15 is 0 Å². The molecule has 1 saturated heterocycles. The Morgan fingerprint density at radius 3 is 2.55 bits per heavy atom. The van der Waals surface area contributed by atoms with Crippen LogP contribution in [0.5, 0.6) is 11.6 Å². The molecule has 1 aromatic heterocycles. The molecule has 7 atom stereocenters. The highest BCUT2D eigenvalue weighted by Crippen LogP contribution is 2.46. The predicted molar refractivity (Wildman–Crippen MR) is 187 cm³/mol. The second kappa shape index (κ2) is 14.7. The first-order chi connectivity index (χ1) is 24.4. The molecule has 3 heterocycles. The van der Waals surface area contributed by atoms with Crippen molar-refractivity contribution in [2.45, 2.75) is 101 Å². The Balaban J connectivity index is 1.35. The van der Waals surface area contributed by atoms with Gasteiger partial charge in [0.2, 0.25) is 27.7 Å². The van der Waals surface area contributed by atoms with Crippen molar-refractivity contribution >= 4 is 44.6 Å². The molecule has 2 aromatic rings. The summed E-state index contributed by atoms with van der Waals surface area (Å²) in [6, 6.07) is 5.14. The molecule has 3 fully saturated rings. The molecule has 0 spiro atoms. The van der Waals surface area contributed by atoms with Crippen molar-refractivity contribution in [1.82, 2.24) is 25.2 Å². The van der Waals surface area contributed by atoms with Crippen molar-refractivity contribution in [3.8, 4) is 11.6 Å². The monoisotopic (exact) mass is 725 g/mol. The van der Waals surface area contributed by atoms with Crippen LogP contribution in [0, 0.1) is 17.8 Å². The van der Waals surface area contributed by atoms with Crippen molar-refractivity contribution in [2.24, 2.45) is 17.8 Å². The Kier molecular flexibility index (Phi) is 10.5. The van der Waals surface area contributed by atoms with E-state index in [9.17, 15) is 32.7 Å². The molecule has 0 unspecified atom stereocenters. The lowest BCUT2D eigenvalue weighted by molar-refractivity contribution is -0.142. The standard InChI is InChI=1S/C36H47N5O9S/c1-4-22-16-21(3)10-6-7-11-23-18-36(23,34(44)40-51(47,48)25-14-15-25)39-31(42)28-17-24(20-41(28)33(43)30(22)38-35(45)46)50-32-27-13-9-8-12-26(27)29(19-37-32)49-5-2/h7-9,11-13,19,21-25,28,30,38H,4-6,10,14-18,20H2,1-3H3,(H,39,42)(H,40,44)(H,45,46)/t21-,22+,23+,24+,28-,30-,36+/m0/s1. The maximum Gasteiger partial charge on any atom is 0.405 e. The number of carbonyl (C=O) groups excluding carboxylic acids is 3. The van der Waals surface area contributed by atoms with Crippen molar-refractivity contribution in [3.63, 3.8) is 0 Å². The highest BCUT2D eigenvalue weighted by molar-refractivity contribution is 7.91. The molecule has 14 nitrogen and oxygen atoms in total. The lowest BCUT2D eigenvalue weighted by Crippen LogP contribution is -2.59. The molecule has 1 aromatic carbocycles. The number of carbonyl (C=O) groups is 4. The molecule has 0 radical (unpaired) electrons. The average molecular weight is 726 g/mol. The van der Waals surface area contributed by atoms with Crippen LogP contribution in [0.1, 0.15) is 72.1 Å². The third-order valence-corrected chi connectivity index (χ3v) is 12.4. The van der Waals surface area contributed by atoms with Crippen LogP contribution in [-0.4, -0.2) is 89.4 Å². The number of pyridine rings is 1. The second-order valence-corrected chi connectivity index (χ2v) is 16.2. The number of hydrogen-bond donors (Lipinski definition) is 4. The molecule has 4 N–H and O–H groups in total. The van der Waals surface area contributed by atoms with Gasteiger partial charge in [-0.3, -0.25) is 19.1 Å². The highest BCUT2D eigenvalue weighted by Gasteiger charge is 2.62. The summed E-state index contributed by atoms with van der Waals surface area (Å²) in [5.74, 6) is -1.83. The lowest BCUT2D eigenvalue weighted by atomic mass is 9.85. The van der Waals surface area contributed by atoms with Gasteiger partial charge < -0.3 is 30.1 Å². The lowest BCUT2D eigenvalue weighted by Gasteiger charge is -2.33. The summed E-state index contributed by atoms with van der Waals surface area (Å²) in [5.41, 5.74) is -1.52. The highest BCUT2D eigenvalue weighted by atomic mass is 32.2. The van der Waals surface area contributed by atoms with E-state index in [0.717, 1.165) is 11.8 Å². The Labute approximate surface area is 297 Å². The smallest absolute Gasteiger partial charge is 0.405 e. The third kappa shape index (κ3) is 7.77.